The number of amides is 3. The molecule has 3 aromatic rings. The van der Waals surface area contributed by atoms with E-state index in [1.807, 2.05) is 74.5 Å². The van der Waals surface area contributed by atoms with Crippen LogP contribution in [0.1, 0.15) is 52.1 Å². The Kier molecular flexibility index (Phi) is 6.26. The molecule has 3 heterocycles. The molecule has 0 unspecified atom stereocenters. The first-order valence-corrected chi connectivity index (χ1v) is 12.4. The number of aryl methyl sites for hydroxylation is 1. The topological polar surface area (TPSA) is 84.3 Å². The number of hydrogen-bond acceptors (Lipinski definition) is 4. The van der Waals surface area contributed by atoms with Gasteiger partial charge >= 0.3 is 0 Å². The second-order valence-corrected chi connectivity index (χ2v) is 10.0. The van der Waals surface area contributed by atoms with E-state index in [0.717, 1.165) is 22.5 Å². The summed E-state index contributed by atoms with van der Waals surface area (Å²) < 4.78 is 1.80. The highest BCUT2D eigenvalue weighted by molar-refractivity contribution is 6.30. The minimum atomic E-state index is -0.665. The van der Waals surface area contributed by atoms with Crippen molar-refractivity contribution in [1.82, 2.24) is 20.0 Å². The van der Waals surface area contributed by atoms with Crippen molar-refractivity contribution in [3.63, 3.8) is 0 Å². The summed E-state index contributed by atoms with van der Waals surface area (Å²) in [6.07, 6.45) is 5.24. The van der Waals surface area contributed by atoms with Crippen LogP contribution in [0.25, 0.3) is 17.8 Å². The van der Waals surface area contributed by atoms with Crippen molar-refractivity contribution in [2.24, 2.45) is 5.41 Å². The number of halogens is 1. The Bertz CT molecular complexity index is 1380. The van der Waals surface area contributed by atoms with Gasteiger partial charge < -0.3 is 4.90 Å². The first kappa shape index (κ1) is 24.0. The third kappa shape index (κ3) is 4.46. The van der Waals surface area contributed by atoms with E-state index in [1.165, 1.54) is 0 Å². The van der Waals surface area contributed by atoms with Crippen LogP contribution in [-0.4, -0.2) is 45.5 Å². The molecule has 2 aromatic carbocycles. The van der Waals surface area contributed by atoms with Crippen molar-refractivity contribution in [2.75, 3.05) is 13.1 Å². The molecule has 7 nitrogen and oxygen atoms in total. The van der Waals surface area contributed by atoms with Crippen molar-refractivity contribution >= 4 is 41.5 Å². The Hall–Kier alpha value is -3.71. The van der Waals surface area contributed by atoms with E-state index in [2.05, 4.69) is 10.4 Å². The lowest BCUT2D eigenvalue weighted by Crippen LogP contribution is -2.46. The minimum Gasteiger partial charge on any atom is -0.338 e. The molecule has 2 saturated heterocycles. The number of piperidine rings is 1. The summed E-state index contributed by atoms with van der Waals surface area (Å²) in [5.74, 6) is -0.516. The normalized spacial score (nSPS) is 17.2. The predicted octanol–water partition coefficient (Wildman–Crippen LogP) is 4.58. The molecule has 2 aliphatic rings. The second kappa shape index (κ2) is 9.39. The van der Waals surface area contributed by atoms with E-state index in [-0.39, 0.29) is 24.1 Å². The molecule has 0 radical (unpaired) electrons. The molecule has 1 N–H and O–H groups in total. The quantitative estimate of drug-likeness (QED) is 0.418. The maximum atomic E-state index is 13.5. The molecule has 1 spiro atoms. The van der Waals surface area contributed by atoms with E-state index in [0.29, 0.717) is 42.2 Å². The van der Waals surface area contributed by atoms with Crippen LogP contribution in [0.4, 0.5) is 0 Å². The fourth-order valence-electron chi connectivity index (χ4n) is 5.12. The van der Waals surface area contributed by atoms with Gasteiger partial charge in [0, 0.05) is 24.5 Å². The molecular formula is C28H27ClN4O3. The summed E-state index contributed by atoms with van der Waals surface area (Å²) in [5.41, 5.74) is 4.27. The average Bonchev–Trinajstić information content (AvgIpc) is 3.32. The Morgan fingerprint density at radius 1 is 1.03 bits per heavy atom. The van der Waals surface area contributed by atoms with Gasteiger partial charge in [0.15, 0.2) is 0 Å². The SMILES string of the molecule is Cc1nn(-c2cccc(/C=C/c3ccc(Cl)cc3)c2)c(C)c1C(=O)N1CCC2(CC1)CC(=O)NC2=O. The van der Waals surface area contributed by atoms with Gasteiger partial charge in [-0.15, -0.1) is 0 Å². The maximum absolute atomic E-state index is 13.5. The van der Waals surface area contributed by atoms with Gasteiger partial charge in [-0.05, 0) is 62.1 Å². The number of aromatic nitrogens is 2. The zero-order valence-electron chi connectivity index (χ0n) is 20.3. The summed E-state index contributed by atoms with van der Waals surface area (Å²) in [5, 5.41) is 7.79. The summed E-state index contributed by atoms with van der Waals surface area (Å²) in [4.78, 5) is 39.2. The van der Waals surface area contributed by atoms with Crippen LogP contribution >= 0.6 is 11.6 Å². The first-order chi connectivity index (χ1) is 17.3. The zero-order chi connectivity index (χ0) is 25.4. The number of benzene rings is 2. The molecule has 0 aliphatic carbocycles. The van der Waals surface area contributed by atoms with Gasteiger partial charge in [-0.1, -0.05) is 48.0 Å². The Labute approximate surface area is 214 Å². The maximum Gasteiger partial charge on any atom is 0.257 e. The summed E-state index contributed by atoms with van der Waals surface area (Å²) in [6.45, 7) is 4.62. The Balaban J connectivity index is 1.34. The van der Waals surface area contributed by atoms with Crippen molar-refractivity contribution in [3.05, 3.63) is 81.6 Å². The van der Waals surface area contributed by atoms with E-state index >= 15 is 0 Å². The molecule has 2 aliphatic heterocycles. The molecule has 8 heteroatoms. The van der Waals surface area contributed by atoms with Crippen LogP contribution in [0.2, 0.25) is 5.02 Å². The highest BCUT2D eigenvalue weighted by Crippen LogP contribution is 2.39. The van der Waals surface area contributed by atoms with Gasteiger partial charge in [0.05, 0.1) is 28.1 Å². The fraction of sp³-hybridized carbons (Fsp3) is 0.286. The third-order valence-corrected chi connectivity index (χ3v) is 7.45. The Morgan fingerprint density at radius 3 is 2.39 bits per heavy atom. The monoisotopic (exact) mass is 502 g/mol. The van der Waals surface area contributed by atoms with Gasteiger partial charge in [-0.25, -0.2) is 4.68 Å². The number of carbonyl (C=O) groups excluding carboxylic acids is 3. The highest BCUT2D eigenvalue weighted by atomic mass is 35.5. The van der Waals surface area contributed by atoms with Gasteiger partial charge in [0.1, 0.15) is 0 Å². The van der Waals surface area contributed by atoms with Crippen LogP contribution in [0.5, 0.6) is 0 Å². The molecule has 184 valence electrons. The van der Waals surface area contributed by atoms with Crippen LogP contribution < -0.4 is 5.32 Å². The number of nitrogens with zero attached hydrogens (tertiary/aromatic N) is 3. The zero-order valence-corrected chi connectivity index (χ0v) is 21.0. The number of nitrogens with one attached hydrogen (secondary N) is 1. The third-order valence-electron chi connectivity index (χ3n) is 7.20. The van der Waals surface area contributed by atoms with Crippen molar-refractivity contribution < 1.29 is 14.4 Å². The molecule has 0 bridgehead atoms. The smallest absolute Gasteiger partial charge is 0.257 e. The fourth-order valence-corrected chi connectivity index (χ4v) is 5.25. The standard InChI is InChI=1S/C28H27ClN4O3/c1-18-25(26(35)32-14-12-28(13-15-32)17-24(34)30-27(28)36)19(2)33(31-18)23-5-3-4-21(16-23)7-6-20-8-10-22(29)11-9-20/h3-11,16H,12-15,17H2,1-2H3,(H,30,34,36)/b7-6+. The minimum absolute atomic E-state index is 0.0883. The van der Waals surface area contributed by atoms with Crippen molar-refractivity contribution in [3.8, 4) is 5.69 Å². The lowest BCUT2D eigenvalue weighted by molar-refractivity contribution is -0.130. The van der Waals surface area contributed by atoms with Crippen LogP contribution in [-0.2, 0) is 9.59 Å². The number of carbonyl (C=O) groups is 3. The highest BCUT2D eigenvalue weighted by Gasteiger charge is 2.48. The number of imide groups is 1. The van der Waals surface area contributed by atoms with E-state index < -0.39 is 5.41 Å². The molecular weight excluding hydrogens is 476 g/mol. The lowest BCUT2D eigenvalue weighted by Gasteiger charge is -2.36. The second-order valence-electron chi connectivity index (χ2n) is 9.56. The van der Waals surface area contributed by atoms with E-state index in [9.17, 15) is 14.4 Å². The molecule has 1 aromatic heterocycles. The molecule has 0 saturated carbocycles. The van der Waals surface area contributed by atoms with Crippen LogP contribution in [0.3, 0.4) is 0 Å². The molecule has 0 atom stereocenters. The molecule has 5 rings (SSSR count). The van der Waals surface area contributed by atoms with Gasteiger partial charge in [0.2, 0.25) is 11.8 Å². The Morgan fingerprint density at radius 2 is 1.72 bits per heavy atom. The average molecular weight is 503 g/mol. The van der Waals surface area contributed by atoms with E-state index in [1.54, 1.807) is 9.58 Å². The van der Waals surface area contributed by atoms with Crippen molar-refractivity contribution in [1.29, 1.82) is 0 Å². The molecule has 3 amide bonds. The van der Waals surface area contributed by atoms with Crippen molar-refractivity contribution in [2.45, 2.75) is 33.1 Å². The van der Waals surface area contributed by atoms with Crippen LogP contribution in [0, 0.1) is 19.3 Å². The van der Waals surface area contributed by atoms with Gasteiger partial charge in [0.25, 0.3) is 5.91 Å². The molecule has 2 fully saturated rings. The number of rotatable bonds is 4. The predicted molar refractivity (Wildman–Crippen MR) is 139 cm³/mol. The van der Waals surface area contributed by atoms with Gasteiger partial charge in [-0.3, -0.25) is 19.7 Å². The molecule has 36 heavy (non-hydrogen) atoms. The van der Waals surface area contributed by atoms with E-state index in [4.69, 9.17) is 11.6 Å². The number of hydrogen-bond donors (Lipinski definition) is 1. The first-order valence-electron chi connectivity index (χ1n) is 12.0. The summed E-state index contributed by atoms with van der Waals surface area (Å²) >= 11 is 5.97. The number of likely N-dealkylation sites (tertiary alicyclic amines) is 1. The van der Waals surface area contributed by atoms with Crippen LogP contribution in [0.15, 0.2) is 48.5 Å². The van der Waals surface area contributed by atoms with Gasteiger partial charge in [-0.2, -0.15) is 5.10 Å². The summed E-state index contributed by atoms with van der Waals surface area (Å²) in [7, 11) is 0. The lowest BCUT2D eigenvalue weighted by atomic mass is 9.77. The summed E-state index contributed by atoms with van der Waals surface area (Å²) in [6, 6.07) is 15.6. The largest absolute Gasteiger partial charge is 0.338 e.